The highest BCUT2D eigenvalue weighted by Gasteiger charge is 2.15. The summed E-state index contributed by atoms with van der Waals surface area (Å²) in [5, 5.41) is 17.5. The van der Waals surface area contributed by atoms with Gasteiger partial charge in [-0.1, -0.05) is 24.0 Å². The maximum Gasteiger partial charge on any atom is 0.263 e. The monoisotopic (exact) mass is 427 g/mol. The topological polar surface area (TPSA) is 134 Å². The Labute approximate surface area is 184 Å². The fourth-order valence-corrected chi connectivity index (χ4v) is 3.12. The molecule has 4 N–H and O–H groups in total. The van der Waals surface area contributed by atoms with E-state index in [9.17, 15) is 9.90 Å². The molecule has 3 heterocycles. The lowest BCUT2D eigenvalue weighted by molar-refractivity contribution is -0.135. The molecule has 4 rings (SSSR count). The van der Waals surface area contributed by atoms with Crippen LogP contribution < -0.4 is 5.73 Å². The van der Waals surface area contributed by atoms with E-state index < -0.39 is 12.0 Å². The van der Waals surface area contributed by atoms with Gasteiger partial charge in [-0.15, -0.1) is 0 Å². The molecule has 1 aromatic carbocycles. The molecule has 9 nitrogen and oxygen atoms in total. The summed E-state index contributed by atoms with van der Waals surface area (Å²) in [5.41, 5.74) is 9.65. The fourth-order valence-electron chi connectivity index (χ4n) is 3.12. The van der Waals surface area contributed by atoms with E-state index in [-0.39, 0.29) is 0 Å². The first-order valence-electron chi connectivity index (χ1n) is 9.93. The molecule has 1 amide bonds. The van der Waals surface area contributed by atoms with E-state index in [1.165, 1.54) is 4.90 Å². The molecule has 0 aliphatic carbocycles. The molecule has 0 radical (unpaired) electrons. The van der Waals surface area contributed by atoms with E-state index >= 15 is 0 Å². The number of anilines is 1. The molecule has 0 bridgehead atoms. The van der Waals surface area contributed by atoms with Crippen molar-refractivity contribution in [2.45, 2.75) is 13.0 Å². The third-order valence-electron chi connectivity index (χ3n) is 5.02. The van der Waals surface area contributed by atoms with E-state index in [1.54, 1.807) is 44.0 Å². The summed E-state index contributed by atoms with van der Waals surface area (Å²) >= 11 is 0. The van der Waals surface area contributed by atoms with Crippen molar-refractivity contribution in [3.05, 3.63) is 54.6 Å². The first kappa shape index (κ1) is 21.0. The molecule has 4 aromatic rings. The maximum atomic E-state index is 12.0. The lowest BCUT2D eigenvalue weighted by atomic mass is 10.1. The summed E-state index contributed by atoms with van der Waals surface area (Å²) in [6, 6.07) is 7.23. The van der Waals surface area contributed by atoms with Gasteiger partial charge in [0.05, 0.1) is 6.20 Å². The third-order valence-corrected chi connectivity index (χ3v) is 5.02. The average Bonchev–Trinajstić information content (AvgIpc) is 3.36. The molecule has 9 heteroatoms. The van der Waals surface area contributed by atoms with E-state index in [4.69, 9.17) is 5.73 Å². The number of H-pyrrole nitrogens is 1. The smallest absolute Gasteiger partial charge is 0.263 e. The van der Waals surface area contributed by atoms with Gasteiger partial charge in [0.15, 0.2) is 11.9 Å². The number of fused-ring (bicyclic) bond motifs is 1. The molecular formula is C23H21N7O2. The highest BCUT2D eigenvalue weighted by molar-refractivity contribution is 5.98. The van der Waals surface area contributed by atoms with Crippen molar-refractivity contribution in [2.75, 3.05) is 19.3 Å². The number of aliphatic hydroxyl groups excluding tert-OH is 1. The number of hydrogen-bond acceptors (Lipinski definition) is 7. The summed E-state index contributed by atoms with van der Waals surface area (Å²) in [6.45, 7) is 2.32. The number of nitrogens with two attached hydrogens (primary N) is 1. The van der Waals surface area contributed by atoms with Crippen LogP contribution >= 0.6 is 0 Å². The van der Waals surface area contributed by atoms with Gasteiger partial charge in [0.1, 0.15) is 11.3 Å². The minimum atomic E-state index is -1.38. The zero-order valence-electron chi connectivity index (χ0n) is 17.6. The van der Waals surface area contributed by atoms with Crippen molar-refractivity contribution in [2.24, 2.45) is 0 Å². The normalized spacial score (nSPS) is 11.6. The Morgan fingerprint density at radius 2 is 2.09 bits per heavy atom. The van der Waals surface area contributed by atoms with Crippen LogP contribution in [0.2, 0.25) is 0 Å². The molecule has 0 spiro atoms. The van der Waals surface area contributed by atoms with Gasteiger partial charge in [0.2, 0.25) is 0 Å². The number of aliphatic hydroxyl groups is 1. The number of pyridine rings is 1. The van der Waals surface area contributed by atoms with Crippen LogP contribution in [0.5, 0.6) is 0 Å². The van der Waals surface area contributed by atoms with Crippen LogP contribution in [-0.4, -0.2) is 60.8 Å². The van der Waals surface area contributed by atoms with Crippen molar-refractivity contribution < 1.29 is 9.90 Å². The molecule has 3 aromatic heterocycles. The van der Waals surface area contributed by atoms with Gasteiger partial charge in [0.25, 0.3) is 5.91 Å². The summed E-state index contributed by atoms with van der Waals surface area (Å²) in [5.74, 6) is 5.75. The Bertz CT molecular complexity index is 1340. The molecule has 0 unspecified atom stereocenters. The second-order valence-corrected chi connectivity index (χ2v) is 7.11. The molecular weight excluding hydrogens is 406 g/mol. The number of nitrogen functional groups attached to an aromatic ring is 1. The number of rotatable bonds is 4. The van der Waals surface area contributed by atoms with Gasteiger partial charge in [-0.3, -0.25) is 9.89 Å². The minimum Gasteiger partial charge on any atom is -0.382 e. The second kappa shape index (κ2) is 8.83. The van der Waals surface area contributed by atoms with E-state index in [0.29, 0.717) is 29.3 Å². The van der Waals surface area contributed by atoms with Crippen molar-refractivity contribution in [1.82, 2.24) is 30.0 Å². The van der Waals surface area contributed by atoms with E-state index in [2.05, 4.69) is 37.0 Å². The van der Waals surface area contributed by atoms with Crippen LogP contribution in [-0.2, 0) is 4.79 Å². The molecule has 0 saturated heterocycles. The molecule has 0 fully saturated rings. The van der Waals surface area contributed by atoms with Crippen LogP contribution in [0, 0.1) is 11.8 Å². The van der Waals surface area contributed by atoms with Crippen molar-refractivity contribution in [3.63, 3.8) is 0 Å². The predicted molar refractivity (Wildman–Crippen MR) is 121 cm³/mol. The third kappa shape index (κ3) is 4.12. The second-order valence-electron chi connectivity index (χ2n) is 7.11. The number of hydrogen-bond donors (Lipinski definition) is 3. The van der Waals surface area contributed by atoms with Crippen molar-refractivity contribution >= 4 is 22.6 Å². The Morgan fingerprint density at radius 1 is 1.25 bits per heavy atom. The van der Waals surface area contributed by atoms with Gasteiger partial charge in [0, 0.05) is 59.8 Å². The zero-order chi connectivity index (χ0) is 22.7. The number of aromatic nitrogens is 5. The number of amides is 1. The standard InChI is InChI=1S/C23H21N7O2/c1-3-30(2)23(32)19(31)8-7-14-5-4-6-15(9-14)22-26-13-18-17(16-10-27-28-11-16)12-25-21(24)20(18)29-22/h4-6,9-13,19,31H,3H2,1-2H3,(H2,24,25)(H,27,28)/t19-/m1/s1. The molecule has 0 saturated carbocycles. The summed E-state index contributed by atoms with van der Waals surface area (Å²) in [7, 11) is 1.61. The van der Waals surface area contributed by atoms with E-state index in [0.717, 1.165) is 22.1 Å². The quantitative estimate of drug-likeness (QED) is 0.423. The summed E-state index contributed by atoms with van der Waals surface area (Å²) in [6.07, 6.45) is 5.46. The highest BCUT2D eigenvalue weighted by Crippen LogP contribution is 2.30. The number of benzene rings is 1. The van der Waals surface area contributed by atoms with Gasteiger partial charge < -0.3 is 15.7 Å². The van der Waals surface area contributed by atoms with Crippen LogP contribution in [0.1, 0.15) is 12.5 Å². The average molecular weight is 427 g/mol. The molecule has 160 valence electrons. The predicted octanol–water partition coefficient (Wildman–Crippen LogP) is 1.85. The Balaban J connectivity index is 1.68. The molecule has 0 aliphatic heterocycles. The van der Waals surface area contributed by atoms with Crippen LogP contribution in [0.3, 0.4) is 0 Å². The van der Waals surface area contributed by atoms with E-state index in [1.807, 2.05) is 19.1 Å². The van der Waals surface area contributed by atoms with Crippen molar-refractivity contribution in [3.8, 4) is 34.4 Å². The number of nitrogens with one attached hydrogen (secondary N) is 1. The Hall–Kier alpha value is -4.29. The lowest BCUT2D eigenvalue weighted by Crippen LogP contribution is -2.35. The fraction of sp³-hybridized carbons (Fsp3) is 0.174. The first-order chi connectivity index (χ1) is 15.5. The molecule has 0 aliphatic rings. The summed E-state index contributed by atoms with van der Waals surface area (Å²) < 4.78 is 0. The maximum absolute atomic E-state index is 12.0. The van der Waals surface area contributed by atoms with Crippen LogP contribution in [0.25, 0.3) is 33.4 Å². The number of carbonyl (C=O) groups is 1. The zero-order valence-corrected chi connectivity index (χ0v) is 17.6. The van der Waals surface area contributed by atoms with Gasteiger partial charge in [-0.25, -0.2) is 15.0 Å². The van der Waals surface area contributed by atoms with Crippen molar-refractivity contribution in [1.29, 1.82) is 0 Å². The first-order valence-corrected chi connectivity index (χ1v) is 9.93. The number of aromatic amines is 1. The SMILES string of the molecule is CCN(C)C(=O)[C@H](O)C#Cc1cccc(-c2ncc3c(-c4cn[nH]c4)cnc(N)c3n2)c1. The van der Waals surface area contributed by atoms with Gasteiger partial charge >= 0.3 is 0 Å². The largest absolute Gasteiger partial charge is 0.382 e. The number of carbonyl (C=O) groups excluding carboxylic acids is 1. The lowest BCUT2D eigenvalue weighted by Gasteiger charge is -2.15. The van der Waals surface area contributed by atoms with Gasteiger partial charge in [-0.05, 0) is 19.1 Å². The van der Waals surface area contributed by atoms with Gasteiger partial charge in [-0.2, -0.15) is 5.10 Å². The Kier molecular flexibility index (Phi) is 5.79. The number of likely N-dealkylation sites (N-methyl/N-ethyl adjacent to an activating group) is 1. The Morgan fingerprint density at radius 3 is 2.84 bits per heavy atom. The summed E-state index contributed by atoms with van der Waals surface area (Å²) in [4.78, 5) is 26.8. The van der Waals surface area contributed by atoms with Crippen LogP contribution in [0.15, 0.2) is 49.1 Å². The molecule has 1 atom stereocenters. The molecule has 32 heavy (non-hydrogen) atoms. The van der Waals surface area contributed by atoms with Crippen LogP contribution in [0.4, 0.5) is 5.82 Å². The highest BCUT2D eigenvalue weighted by atomic mass is 16.3. The minimum absolute atomic E-state index is 0.300. The number of nitrogens with zero attached hydrogens (tertiary/aromatic N) is 5.